The highest BCUT2D eigenvalue weighted by Crippen LogP contribution is 2.27. The summed E-state index contributed by atoms with van der Waals surface area (Å²) in [5, 5.41) is 6.90. The zero-order valence-corrected chi connectivity index (χ0v) is 22.8. The number of nitrogens with zero attached hydrogens (tertiary/aromatic N) is 3. The molecule has 1 unspecified atom stereocenters. The molecule has 1 aliphatic heterocycles. The van der Waals surface area contributed by atoms with Crippen molar-refractivity contribution in [2.24, 2.45) is 10.9 Å². The van der Waals surface area contributed by atoms with Crippen LogP contribution in [-0.2, 0) is 11.3 Å². The van der Waals surface area contributed by atoms with Crippen molar-refractivity contribution in [1.82, 2.24) is 20.4 Å². The van der Waals surface area contributed by atoms with Gasteiger partial charge in [0.25, 0.3) is 0 Å². The smallest absolute Gasteiger partial charge is 0.225 e. The maximum absolute atomic E-state index is 12.9. The Bertz CT molecular complexity index is 752. The second-order valence-corrected chi connectivity index (χ2v) is 9.20. The molecule has 2 aliphatic rings. The molecule has 8 heteroatoms. The van der Waals surface area contributed by atoms with E-state index < -0.39 is 0 Å². The van der Waals surface area contributed by atoms with Crippen molar-refractivity contribution in [2.75, 3.05) is 46.9 Å². The third-order valence-electron chi connectivity index (χ3n) is 6.32. The van der Waals surface area contributed by atoms with Crippen molar-refractivity contribution in [3.8, 4) is 5.75 Å². The number of rotatable bonds is 9. The Hall–Kier alpha value is -1.55. The molecule has 33 heavy (non-hydrogen) atoms. The highest BCUT2D eigenvalue weighted by molar-refractivity contribution is 14.0. The summed E-state index contributed by atoms with van der Waals surface area (Å²) in [4.78, 5) is 21.9. The van der Waals surface area contributed by atoms with E-state index in [1.165, 1.54) is 19.3 Å². The Labute approximate surface area is 216 Å². The van der Waals surface area contributed by atoms with E-state index in [2.05, 4.69) is 33.4 Å². The molecule has 1 aliphatic carbocycles. The van der Waals surface area contributed by atoms with Gasteiger partial charge in [-0.1, -0.05) is 37.5 Å². The molecule has 2 N–H and O–H groups in total. The fourth-order valence-electron chi connectivity index (χ4n) is 4.48. The molecule has 3 rings (SSSR count). The number of guanidine groups is 1. The third kappa shape index (κ3) is 8.96. The summed E-state index contributed by atoms with van der Waals surface area (Å²) >= 11 is 0. The average Bonchev–Trinajstić information content (AvgIpc) is 3.27. The van der Waals surface area contributed by atoms with Crippen LogP contribution in [0.25, 0.3) is 0 Å². The number of hydrogen-bond acceptors (Lipinski definition) is 4. The van der Waals surface area contributed by atoms with Gasteiger partial charge in [-0.15, -0.1) is 24.0 Å². The minimum Gasteiger partial charge on any atom is -0.492 e. The monoisotopic (exact) mass is 571 g/mol. The fraction of sp³-hybridized carbons (Fsp3) is 0.680. The van der Waals surface area contributed by atoms with E-state index in [0.29, 0.717) is 19.1 Å². The first kappa shape index (κ1) is 27.7. The summed E-state index contributed by atoms with van der Waals surface area (Å²) < 4.78 is 5.98. The number of aliphatic imine (C=N–C) groups is 1. The van der Waals surface area contributed by atoms with Gasteiger partial charge in [-0.2, -0.15) is 0 Å². The van der Waals surface area contributed by atoms with Crippen LogP contribution in [0.15, 0.2) is 29.3 Å². The molecule has 1 aromatic rings. The second-order valence-electron chi connectivity index (χ2n) is 9.20. The van der Waals surface area contributed by atoms with Gasteiger partial charge in [-0.05, 0) is 46.3 Å². The zero-order chi connectivity index (χ0) is 22.8. The average molecular weight is 572 g/mol. The molecule has 0 aromatic heterocycles. The Morgan fingerprint density at radius 1 is 1.18 bits per heavy atom. The van der Waals surface area contributed by atoms with E-state index in [1.54, 1.807) is 0 Å². The lowest BCUT2D eigenvalue weighted by Gasteiger charge is -2.26. The highest BCUT2D eigenvalue weighted by Gasteiger charge is 2.31. The van der Waals surface area contributed by atoms with E-state index in [4.69, 9.17) is 9.73 Å². The largest absolute Gasteiger partial charge is 0.492 e. The van der Waals surface area contributed by atoms with Crippen molar-refractivity contribution in [3.05, 3.63) is 29.8 Å². The Morgan fingerprint density at radius 2 is 1.94 bits per heavy atom. The van der Waals surface area contributed by atoms with Crippen LogP contribution in [0.5, 0.6) is 5.75 Å². The Morgan fingerprint density at radius 3 is 2.67 bits per heavy atom. The van der Waals surface area contributed by atoms with Crippen molar-refractivity contribution < 1.29 is 9.53 Å². The fourth-order valence-corrected chi connectivity index (χ4v) is 4.48. The van der Waals surface area contributed by atoms with Crippen LogP contribution < -0.4 is 15.4 Å². The predicted molar refractivity (Wildman–Crippen MR) is 145 cm³/mol. The number of likely N-dealkylation sites (N-methyl/N-ethyl adjacent to an activating group) is 1. The van der Waals surface area contributed by atoms with Gasteiger partial charge in [0.1, 0.15) is 12.4 Å². The first-order valence-corrected chi connectivity index (χ1v) is 12.3. The number of halogens is 1. The quantitative estimate of drug-likeness (QED) is 0.270. The number of benzene rings is 1. The van der Waals surface area contributed by atoms with Crippen LogP contribution in [0.2, 0.25) is 0 Å². The van der Waals surface area contributed by atoms with Crippen molar-refractivity contribution in [2.45, 2.75) is 58.0 Å². The Kier molecular flexibility index (Phi) is 12.3. The number of amides is 1. The molecule has 1 saturated carbocycles. The Balaban J connectivity index is 0.00000385. The number of ether oxygens (including phenoxy) is 1. The van der Waals surface area contributed by atoms with Gasteiger partial charge >= 0.3 is 0 Å². The van der Waals surface area contributed by atoms with E-state index in [-0.39, 0.29) is 35.9 Å². The molecular weight excluding hydrogens is 529 g/mol. The van der Waals surface area contributed by atoms with Crippen LogP contribution in [0.3, 0.4) is 0 Å². The number of nitrogens with one attached hydrogen (secondary N) is 2. The highest BCUT2D eigenvalue weighted by atomic mass is 127. The standard InChI is InChI=1S/C25H41N5O2.HI/c1-4-26-25(27-18-21-12-8-9-13-23(21)32-17-16-29(2)3)28-22-14-15-30(19-22)24(31)20-10-6-5-7-11-20;/h8-9,12-13,20,22H,4-7,10-11,14-19H2,1-3H3,(H2,26,27,28);1H. The van der Waals surface area contributed by atoms with Gasteiger partial charge in [-0.3, -0.25) is 4.79 Å². The molecule has 0 spiro atoms. The lowest BCUT2D eigenvalue weighted by atomic mass is 9.88. The summed E-state index contributed by atoms with van der Waals surface area (Å²) in [6, 6.07) is 8.34. The van der Waals surface area contributed by atoms with Crippen LogP contribution in [0, 0.1) is 5.92 Å². The molecule has 2 fully saturated rings. The zero-order valence-electron chi connectivity index (χ0n) is 20.5. The van der Waals surface area contributed by atoms with Gasteiger partial charge in [0.05, 0.1) is 6.54 Å². The first-order chi connectivity index (χ1) is 15.6. The van der Waals surface area contributed by atoms with Crippen molar-refractivity contribution >= 4 is 35.8 Å². The molecule has 0 bridgehead atoms. The van der Waals surface area contributed by atoms with Crippen LogP contribution in [0.1, 0.15) is 51.0 Å². The summed E-state index contributed by atoms with van der Waals surface area (Å²) in [5.74, 6) is 2.29. The lowest BCUT2D eigenvalue weighted by molar-refractivity contribution is -0.135. The number of carbonyl (C=O) groups excluding carboxylic acids is 1. The molecule has 186 valence electrons. The third-order valence-corrected chi connectivity index (χ3v) is 6.32. The van der Waals surface area contributed by atoms with Gasteiger partial charge in [0, 0.05) is 43.7 Å². The van der Waals surface area contributed by atoms with Crippen LogP contribution in [0.4, 0.5) is 0 Å². The molecule has 0 radical (unpaired) electrons. The van der Waals surface area contributed by atoms with E-state index in [9.17, 15) is 4.79 Å². The van der Waals surface area contributed by atoms with Gasteiger partial charge in [0.2, 0.25) is 5.91 Å². The lowest BCUT2D eigenvalue weighted by Crippen LogP contribution is -2.45. The summed E-state index contributed by atoms with van der Waals surface area (Å²) in [7, 11) is 4.08. The van der Waals surface area contributed by atoms with E-state index in [1.807, 2.05) is 32.3 Å². The van der Waals surface area contributed by atoms with Crippen LogP contribution in [-0.4, -0.2) is 74.6 Å². The number of likely N-dealkylation sites (tertiary alicyclic amines) is 1. The molecule has 7 nitrogen and oxygen atoms in total. The predicted octanol–water partition coefficient (Wildman–Crippen LogP) is 3.48. The SMILES string of the molecule is CCNC(=NCc1ccccc1OCCN(C)C)NC1CCN(C(=O)C2CCCCC2)C1.I. The van der Waals surface area contributed by atoms with Gasteiger partial charge in [-0.25, -0.2) is 4.99 Å². The maximum atomic E-state index is 12.9. The summed E-state index contributed by atoms with van der Waals surface area (Å²) in [5.41, 5.74) is 1.07. The number of carbonyl (C=O) groups is 1. The number of hydrogen-bond donors (Lipinski definition) is 2. The minimum absolute atomic E-state index is 0. The molecular formula is C25H42IN5O2. The molecule has 1 amide bonds. The summed E-state index contributed by atoms with van der Waals surface area (Å²) in [6.45, 7) is 6.55. The minimum atomic E-state index is 0. The van der Waals surface area contributed by atoms with E-state index >= 15 is 0 Å². The molecule has 1 aromatic carbocycles. The maximum Gasteiger partial charge on any atom is 0.225 e. The summed E-state index contributed by atoms with van der Waals surface area (Å²) in [6.07, 6.45) is 6.77. The van der Waals surface area contributed by atoms with E-state index in [0.717, 1.165) is 62.7 Å². The molecule has 1 atom stereocenters. The molecule has 1 heterocycles. The first-order valence-electron chi connectivity index (χ1n) is 12.3. The van der Waals surface area contributed by atoms with Crippen molar-refractivity contribution in [3.63, 3.8) is 0 Å². The van der Waals surface area contributed by atoms with Gasteiger partial charge < -0.3 is 25.2 Å². The topological polar surface area (TPSA) is 69.2 Å². The number of para-hydroxylation sites is 1. The van der Waals surface area contributed by atoms with Crippen molar-refractivity contribution in [1.29, 1.82) is 0 Å². The molecule has 1 saturated heterocycles. The van der Waals surface area contributed by atoms with Crippen LogP contribution >= 0.6 is 24.0 Å². The van der Waals surface area contributed by atoms with Gasteiger partial charge in [0.15, 0.2) is 5.96 Å². The second kappa shape index (κ2) is 14.7. The normalized spacial score (nSPS) is 19.3.